The zero-order valence-corrected chi connectivity index (χ0v) is 13.7. The van der Waals surface area contributed by atoms with E-state index in [2.05, 4.69) is 0 Å². The van der Waals surface area contributed by atoms with E-state index < -0.39 is 10.9 Å². The molecule has 0 saturated heterocycles. The number of nitrogens with two attached hydrogens (primary N) is 2. The molecule has 0 saturated carbocycles. The molecule has 2 aromatic carbocycles. The molecular formula is C18H17N3O2S. The Bertz CT molecular complexity index is 807. The van der Waals surface area contributed by atoms with Crippen LogP contribution in [0.2, 0.25) is 0 Å². The highest BCUT2D eigenvalue weighted by Crippen LogP contribution is 2.40. The SMILES string of the molecule is NC(=O)CC1(N)SC=CN1c1ccccc1C(=O)c1ccccc1. The molecule has 0 fully saturated rings. The minimum atomic E-state index is -1.03. The quantitative estimate of drug-likeness (QED) is 0.817. The van der Waals surface area contributed by atoms with Gasteiger partial charge in [-0.3, -0.25) is 15.3 Å². The molecule has 1 amide bonds. The fourth-order valence-electron chi connectivity index (χ4n) is 2.67. The van der Waals surface area contributed by atoms with E-state index in [0.717, 1.165) is 0 Å². The molecule has 1 heterocycles. The maximum atomic E-state index is 12.9. The van der Waals surface area contributed by atoms with Crippen molar-refractivity contribution in [1.29, 1.82) is 0 Å². The first-order valence-corrected chi connectivity index (χ1v) is 8.29. The first-order chi connectivity index (χ1) is 11.5. The number of carbonyl (C=O) groups excluding carboxylic acids is 2. The standard InChI is InChI=1S/C18H17N3O2S/c19-16(22)12-18(20)21(10-11-24-18)15-9-5-4-8-14(15)17(23)13-6-2-1-3-7-13/h1-11H,12,20H2,(H2,19,22). The van der Waals surface area contributed by atoms with E-state index in [4.69, 9.17) is 11.5 Å². The number of anilines is 1. The zero-order valence-electron chi connectivity index (χ0n) is 12.9. The number of hydrogen-bond acceptors (Lipinski definition) is 5. The molecule has 3 rings (SSSR count). The van der Waals surface area contributed by atoms with Gasteiger partial charge in [0.15, 0.2) is 10.8 Å². The molecule has 0 bridgehead atoms. The third-order valence-corrected chi connectivity index (χ3v) is 4.77. The Kier molecular flexibility index (Phi) is 4.42. The molecule has 1 aliphatic heterocycles. The summed E-state index contributed by atoms with van der Waals surface area (Å²) in [5.41, 5.74) is 13.5. The highest BCUT2D eigenvalue weighted by molar-refractivity contribution is 8.03. The van der Waals surface area contributed by atoms with Crippen LogP contribution in [0.4, 0.5) is 5.69 Å². The smallest absolute Gasteiger partial charge is 0.222 e. The van der Waals surface area contributed by atoms with E-state index in [0.29, 0.717) is 16.8 Å². The van der Waals surface area contributed by atoms with Gasteiger partial charge >= 0.3 is 0 Å². The minimum absolute atomic E-state index is 0.0292. The number of nitrogens with zero attached hydrogens (tertiary/aromatic N) is 1. The molecule has 122 valence electrons. The van der Waals surface area contributed by atoms with Crippen LogP contribution in [0.5, 0.6) is 0 Å². The second kappa shape index (κ2) is 6.51. The number of primary amides is 1. The molecular weight excluding hydrogens is 322 g/mol. The van der Waals surface area contributed by atoms with Crippen LogP contribution in [0, 0.1) is 0 Å². The average molecular weight is 339 g/mol. The Balaban J connectivity index is 2.02. The van der Waals surface area contributed by atoms with Gasteiger partial charge in [0.2, 0.25) is 5.91 Å². The number of benzene rings is 2. The Morgan fingerprint density at radius 3 is 2.42 bits per heavy atom. The third-order valence-electron chi connectivity index (χ3n) is 3.76. The molecule has 24 heavy (non-hydrogen) atoms. The van der Waals surface area contributed by atoms with Crippen LogP contribution in [-0.2, 0) is 4.79 Å². The summed E-state index contributed by atoms with van der Waals surface area (Å²) >= 11 is 1.30. The number of hydrogen-bond donors (Lipinski definition) is 2. The number of para-hydroxylation sites is 1. The molecule has 0 spiro atoms. The van der Waals surface area contributed by atoms with Gasteiger partial charge in [0.05, 0.1) is 12.1 Å². The highest BCUT2D eigenvalue weighted by Gasteiger charge is 2.38. The first-order valence-electron chi connectivity index (χ1n) is 7.41. The van der Waals surface area contributed by atoms with Gasteiger partial charge in [0.25, 0.3) is 0 Å². The molecule has 0 aliphatic carbocycles. The van der Waals surface area contributed by atoms with Gasteiger partial charge in [-0.15, -0.1) is 0 Å². The van der Waals surface area contributed by atoms with Crippen molar-refractivity contribution in [3.8, 4) is 0 Å². The van der Waals surface area contributed by atoms with E-state index >= 15 is 0 Å². The lowest BCUT2D eigenvalue weighted by Crippen LogP contribution is -2.51. The number of thioether (sulfide) groups is 1. The summed E-state index contributed by atoms with van der Waals surface area (Å²) < 4.78 is 0. The van der Waals surface area contributed by atoms with E-state index in [1.807, 2.05) is 30.3 Å². The lowest BCUT2D eigenvalue weighted by Gasteiger charge is -2.35. The second-order valence-electron chi connectivity index (χ2n) is 5.47. The number of ketones is 1. The lowest BCUT2D eigenvalue weighted by atomic mass is 10.0. The van der Waals surface area contributed by atoms with E-state index in [9.17, 15) is 9.59 Å². The minimum Gasteiger partial charge on any atom is -0.370 e. The summed E-state index contributed by atoms with van der Waals surface area (Å²) in [6.45, 7) is 0. The fourth-order valence-corrected chi connectivity index (χ4v) is 3.59. The summed E-state index contributed by atoms with van der Waals surface area (Å²) in [4.78, 5) is 25.0. The van der Waals surface area contributed by atoms with Crippen LogP contribution in [0.15, 0.2) is 66.2 Å². The Hall–Kier alpha value is -2.57. The molecule has 2 aromatic rings. The lowest BCUT2D eigenvalue weighted by molar-refractivity contribution is -0.118. The molecule has 1 atom stereocenters. The highest BCUT2D eigenvalue weighted by atomic mass is 32.2. The maximum Gasteiger partial charge on any atom is 0.222 e. The number of rotatable bonds is 5. The molecule has 6 heteroatoms. The summed E-state index contributed by atoms with van der Waals surface area (Å²) in [7, 11) is 0. The molecule has 0 radical (unpaired) electrons. The predicted octanol–water partition coefficient (Wildman–Crippen LogP) is 2.43. The zero-order chi connectivity index (χ0) is 17.2. The van der Waals surface area contributed by atoms with Gasteiger partial charge in [-0.05, 0) is 17.5 Å². The van der Waals surface area contributed by atoms with Crippen molar-refractivity contribution < 1.29 is 9.59 Å². The maximum absolute atomic E-state index is 12.9. The molecule has 4 N–H and O–H groups in total. The fraction of sp³-hybridized carbons (Fsp3) is 0.111. The largest absolute Gasteiger partial charge is 0.370 e. The van der Waals surface area contributed by atoms with Crippen molar-refractivity contribution in [3.05, 3.63) is 77.3 Å². The summed E-state index contributed by atoms with van der Waals surface area (Å²) in [6, 6.07) is 16.3. The van der Waals surface area contributed by atoms with E-state index in [1.54, 1.807) is 40.8 Å². The Labute approximate surface area is 144 Å². The number of amides is 1. The topological polar surface area (TPSA) is 89.4 Å². The van der Waals surface area contributed by atoms with Gasteiger partial charge in [-0.25, -0.2) is 0 Å². The van der Waals surface area contributed by atoms with Gasteiger partial charge in [-0.2, -0.15) is 0 Å². The van der Waals surface area contributed by atoms with Gasteiger partial charge < -0.3 is 10.6 Å². The van der Waals surface area contributed by atoms with Crippen LogP contribution < -0.4 is 16.4 Å². The van der Waals surface area contributed by atoms with Crippen LogP contribution in [-0.4, -0.2) is 16.7 Å². The van der Waals surface area contributed by atoms with Crippen LogP contribution in [0.3, 0.4) is 0 Å². The van der Waals surface area contributed by atoms with Crippen molar-refractivity contribution in [3.63, 3.8) is 0 Å². The van der Waals surface area contributed by atoms with Crippen molar-refractivity contribution in [2.75, 3.05) is 4.90 Å². The monoisotopic (exact) mass is 339 g/mol. The van der Waals surface area contributed by atoms with E-state index in [-0.39, 0.29) is 12.2 Å². The van der Waals surface area contributed by atoms with Crippen LogP contribution in [0.1, 0.15) is 22.3 Å². The molecule has 5 nitrogen and oxygen atoms in total. The van der Waals surface area contributed by atoms with Crippen molar-refractivity contribution in [1.82, 2.24) is 0 Å². The van der Waals surface area contributed by atoms with E-state index in [1.165, 1.54) is 11.8 Å². The summed E-state index contributed by atoms with van der Waals surface area (Å²) in [5.74, 6) is -0.594. The summed E-state index contributed by atoms with van der Waals surface area (Å²) in [6.07, 6.45) is 1.74. The van der Waals surface area contributed by atoms with Gasteiger partial charge in [0.1, 0.15) is 0 Å². The molecule has 1 unspecified atom stereocenters. The Morgan fingerprint density at radius 1 is 1.04 bits per heavy atom. The normalized spacial score (nSPS) is 19.5. The molecule has 1 aliphatic rings. The van der Waals surface area contributed by atoms with Crippen molar-refractivity contribution in [2.45, 2.75) is 11.4 Å². The van der Waals surface area contributed by atoms with Crippen LogP contribution >= 0.6 is 11.8 Å². The van der Waals surface area contributed by atoms with Crippen molar-refractivity contribution in [2.24, 2.45) is 11.5 Å². The number of carbonyl (C=O) groups is 2. The second-order valence-corrected chi connectivity index (χ2v) is 6.69. The van der Waals surface area contributed by atoms with Gasteiger partial charge in [0, 0.05) is 17.3 Å². The predicted molar refractivity (Wildman–Crippen MR) is 96.3 cm³/mol. The van der Waals surface area contributed by atoms with Crippen molar-refractivity contribution >= 4 is 29.1 Å². The van der Waals surface area contributed by atoms with Gasteiger partial charge in [-0.1, -0.05) is 54.2 Å². The summed E-state index contributed by atoms with van der Waals surface area (Å²) in [5, 5.41) is 1.80. The third kappa shape index (κ3) is 3.06. The first kappa shape index (κ1) is 16.3. The molecule has 0 aromatic heterocycles. The average Bonchev–Trinajstić information content (AvgIpc) is 2.95. The Morgan fingerprint density at radius 2 is 1.71 bits per heavy atom. The van der Waals surface area contributed by atoms with Crippen LogP contribution in [0.25, 0.3) is 0 Å².